The molecule has 0 aliphatic carbocycles. The van der Waals surface area contributed by atoms with Crippen LogP contribution in [-0.4, -0.2) is 66.8 Å². The molecule has 1 aliphatic rings. The van der Waals surface area contributed by atoms with Gasteiger partial charge in [-0.2, -0.15) is 0 Å². The molecule has 1 heterocycles. The van der Waals surface area contributed by atoms with Gasteiger partial charge in [-0.25, -0.2) is 9.59 Å². The topological polar surface area (TPSA) is 97.0 Å². The number of nitrogens with one attached hydrogen (secondary N) is 2. The van der Waals surface area contributed by atoms with Crippen molar-refractivity contribution in [2.45, 2.75) is 37.8 Å². The molecule has 0 saturated carbocycles. The second-order valence-corrected chi connectivity index (χ2v) is 8.60. The number of carbonyl (C=O) groups excluding carboxylic acids is 3. The van der Waals surface area contributed by atoms with Gasteiger partial charge in [-0.15, -0.1) is 11.8 Å². The van der Waals surface area contributed by atoms with E-state index in [0.29, 0.717) is 5.56 Å². The van der Waals surface area contributed by atoms with E-state index in [1.54, 1.807) is 46.1 Å². The van der Waals surface area contributed by atoms with Crippen molar-refractivity contribution < 1.29 is 23.9 Å². The summed E-state index contributed by atoms with van der Waals surface area (Å²) in [6.07, 6.45) is -0.666. The molecule has 2 amide bonds. The molecule has 2 N–H and O–H groups in total. The highest BCUT2D eigenvalue weighted by Gasteiger charge is 2.29. The lowest BCUT2D eigenvalue weighted by Gasteiger charge is -2.21. The molecule has 29 heavy (non-hydrogen) atoms. The number of carbonyl (C=O) groups is 3. The highest BCUT2D eigenvalue weighted by atomic mass is 35.5. The molecule has 0 radical (unpaired) electrons. The number of thioether (sulfide) groups is 1. The summed E-state index contributed by atoms with van der Waals surface area (Å²) in [6, 6.07) is 3.98. The van der Waals surface area contributed by atoms with Gasteiger partial charge >= 0.3 is 12.1 Å². The van der Waals surface area contributed by atoms with Gasteiger partial charge in [0.05, 0.1) is 11.1 Å². The van der Waals surface area contributed by atoms with Crippen LogP contribution in [0, 0.1) is 0 Å². The van der Waals surface area contributed by atoms with Crippen LogP contribution in [0.5, 0.6) is 5.75 Å². The fourth-order valence-corrected chi connectivity index (χ4v) is 3.69. The van der Waals surface area contributed by atoms with Crippen LogP contribution >= 0.6 is 23.4 Å². The minimum atomic E-state index is -0.862. The van der Waals surface area contributed by atoms with E-state index in [1.165, 1.54) is 16.7 Å². The molecule has 0 aromatic heterocycles. The zero-order valence-corrected chi connectivity index (χ0v) is 18.4. The third-order valence-corrected chi connectivity index (χ3v) is 5.36. The summed E-state index contributed by atoms with van der Waals surface area (Å²) < 4.78 is 10.5. The Labute approximate surface area is 179 Å². The van der Waals surface area contributed by atoms with Gasteiger partial charge in [-0.05, 0) is 31.5 Å². The number of halogens is 1. The summed E-state index contributed by atoms with van der Waals surface area (Å²) in [7, 11) is 3.13. The monoisotopic (exact) mass is 443 g/mol. The van der Waals surface area contributed by atoms with E-state index >= 15 is 0 Å². The summed E-state index contributed by atoms with van der Waals surface area (Å²) in [6.45, 7) is 4.23. The van der Waals surface area contributed by atoms with Crippen LogP contribution in [0.4, 0.5) is 4.79 Å². The molecule has 0 bridgehead atoms. The van der Waals surface area contributed by atoms with Gasteiger partial charge in [0.15, 0.2) is 5.75 Å². The van der Waals surface area contributed by atoms with E-state index in [9.17, 15) is 14.4 Å². The second-order valence-electron chi connectivity index (χ2n) is 6.98. The molecule has 2 rings (SSSR count). The third kappa shape index (κ3) is 7.09. The van der Waals surface area contributed by atoms with Crippen LogP contribution in [0.25, 0.3) is 0 Å². The molecule has 160 valence electrons. The maximum atomic E-state index is 12.5. The van der Waals surface area contributed by atoms with E-state index < -0.39 is 18.1 Å². The summed E-state index contributed by atoms with van der Waals surface area (Å²) in [5, 5.41) is 5.68. The summed E-state index contributed by atoms with van der Waals surface area (Å²) in [5.74, 6) is 0.268. The maximum Gasteiger partial charge on any atom is 0.414 e. The van der Waals surface area contributed by atoms with Crippen LogP contribution in [0.3, 0.4) is 0 Å². The zero-order valence-electron chi connectivity index (χ0n) is 16.9. The molecular weight excluding hydrogens is 418 g/mol. The van der Waals surface area contributed by atoms with E-state index in [2.05, 4.69) is 10.6 Å². The van der Waals surface area contributed by atoms with Gasteiger partial charge < -0.3 is 19.7 Å². The van der Waals surface area contributed by atoms with Gasteiger partial charge in [0.2, 0.25) is 5.91 Å². The quantitative estimate of drug-likeness (QED) is 0.622. The first-order chi connectivity index (χ1) is 13.7. The van der Waals surface area contributed by atoms with E-state index in [1.807, 2.05) is 0 Å². The molecular formula is C19H26ClN3O5S. The van der Waals surface area contributed by atoms with Crippen molar-refractivity contribution in [3.05, 3.63) is 28.8 Å². The fraction of sp³-hybridized carbons (Fsp3) is 0.526. The Bertz CT molecular complexity index is 753. The fourth-order valence-electron chi connectivity index (χ4n) is 2.52. The number of benzene rings is 1. The van der Waals surface area contributed by atoms with Crippen molar-refractivity contribution in [2.75, 3.05) is 26.4 Å². The predicted molar refractivity (Wildman–Crippen MR) is 112 cm³/mol. The molecule has 10 heteroatoms. The predicted octanol–water partition coefficient (Wildman–Crippen LogP) is 2.04. The van der Waals surface area contributed by atoms with Gasteiger partial charge in [0, 0.05) is 32.8 Å². The van der Waals surface area contributed by atoms with E-state index in [4.69, 9.17) is 21.1 Å². The van der Waals surface area contributed by atoms with Crippen LogP contribution in [0.1, 0.15) is 19.4 Å². The Morgan fingerprint density at radius 1 is 1.34 bits per heavy atom. The van der Waals surface area contributed by atoms with Crippen molar-refractivity contribution in [1.29, 1.82) is 0 Å². The standard InChI is InChI=1S/C19H26ClN3O5S/c1-11(2)27-18(25)14(22-16(24)17-21-7-8-29-17)10-12-5-6-15(13(20)9-12)28-19(26)23(3)4/h5-6,9,11,14,17,21H,7-8,10H2,1-4H3,(H,22,24)/t14-,17-/m0/s1. The van der Waals surface area contributed by atoms with Crippen molar-refractivity contribution in [2.24, 2.45) is 0 Å². The lowest BCUT2D eigenvalue weighted by atomic mass is 10.1. The Morgan fingerprint density at radius 2 is 2.07 bits per heavy atom. The molecule has 1 aliphatic heterocycles. The lowest BCUT2D eigenvalue weighted by molar-refractivity contribution is -0.151. The summed E-state index contributed by atoms with van der Waals surface area (Å²) in [5.41, 5.74) is 0.692. The first kappa shape index (κ1) is 23.3. The smallest absolute Gasteiger partial charge is 0.414 e. The average Bonchev–Trinajstić information content (AvgIpc) is 3.17. The molecule has 1 aromatic carbocycles. The number of hydrogen-bond donors (Lipinski definition) is 2. The van der Waals surface area contributed by atoms with Gasteiger partial charge in [-0.1, -0.05) is 17.7 Å². The number of ether oxygens (including phenoxy) is 2. The lowest BCUT2D eigenvalue weighted by Crippen LogP contribution is -2.49. The first-order valence-corrected chi connectivity index (χ1v) is 10.6. The minimum absolute atomic E-state index is 0.191. The molecule has 0 unspecified atom stereocenters. The number of esters is 1. The molecule has 1 fully saturated rings. The highest BCUT2D eigenvalue weighted by Crippen LogP contribution is 2.26. The second kappa shape index (κ2) is 10.7. The van der Waals surface area contributed by atoms with Crippen LogP contribution in [-0.2, 0) is 20.7 Å². The van der Waals surface area contributed by atoms with Crippen LogP contribution in [0.2, 0.25) is 5.02 Å². The van der Waals surface area contributed by atoms with Gasteiger partial charge in [-0.3, -0.25) is 10.1 Å². The summed E-state index contributed by atoms with van der Waals surface area (Å²) in [4.78, 5) is 37.9. The number of amides is 2. The Balaban J connectivity index is 2.12. The Morgan fingerprint density at radius 3 is 2.62 bits per heavy atom. The van der Waals surface area contributed by atoms with Crippen LogP contribution < -0.4 is 15.4 Å². The van der Waals surface area contributed by atoms with Crippen molar-refractivity contribution in [3.8, 4) is 5.75 Å². The van der Waals surface area contributed by atoms with Crippen molar-refractivity contribution >= 4 is 41.3 Å². The van der Waals surface area contributed by atoms with E-state index in [-0.39, 0.29) is 34.6 Å². The SMILES string of the molecule is CC(C)OC(=O)[C@H](Cc1ccc(OC(=O)N(C)C)c(Cl)c1)NC(=O)[C@H]1NCCS1. The maximum absolute atomic E-state index is 12.5. The van der Waals surface area contributed by atoms with E-state index in [0.717, 1.165) is 12.3 Å². The number of rotatable bonds is 7. The Hall–Kier alpha value is -1.97. The van der Waals surface area contributed by atoms with Gasteiger partial charge in [0.1, 0.15) is 11.4 Å². The van der Waals surface area contributed by atoms with Crippen molar-refractivity contribution in [1.82, 2.24) is 15.5 Å². The van der Waals surface area contributed by atoms with Gasteiger partial charge in [0.25, 0.3) is 0 Å². The zero-order chi connectivity index (χ0) is 21.6. The number of nitrogens with zero attached hydrogens (tertiary/aromatic N) is 1. The number of hydrogen-bond acceptors (Lipinski definition) is 7. The molecule has 8 nitrogen and oxygen atoms in total. The largest absolute Gasteiger partial charge is 0.461 e. The third-order valence-electron chi connectivity index (χ3n) is 3.91. The summed E-state index contributed by atoms with van der Waals surface area (Å²) >= 11 is 7.71. The molecule has 2 atom stereocenters. The van der Waals surface area contributed by atoms with Crippen LogP contribution in [0.15, 0.2) is 18.2 Å². The normalized spacial score (nSPS) is 17.0. The average molecular weight is 444 g/mol. The molecule has 0 spiro atoms. The molecule has 1 aromatic rings. The minimum Gasteiger partial charge on any atom is -0.461 e. The Kier molecular flexibility index (Phi) is 8.60. The highest BCUT2D eigenvalue weighted by molar-refractivity contribution is 8.00. The molecule has 1 saturated heterocycles. The van der Waals surface area contributed by atoms with Crippen molar-refractivity contribution in [3.63, 3.8) is 0 Å². The first-order valence-electron chi connectivity index (χ1n) is 9.20.